The first-order valence-electron chi connectivity index (χ1n) is 6.05. The van der Waals surface area contributed by atoms with Crippen LogP contribution in [0.1, 0.15) is 30.8 Å². The van der Waals surface area contributed by atoms with Gasteiger partial charge < -0.3 is 10.6 Å². The number of hydrogen-bond acceptors (Lipinski definition) is 3. The first kappa shape index (κ1) is 12.0. The van der Waals surface area contributed by atoms with Crippen LogP contribution in [0.5, 0.6) is 0 Å². The molecule has 0 radical (unpaired) electrons. The minimum atomic E-state index is -0.0403. The van der Waals surface area contributed by atoms with Gasteiger partial charge in [0.25, 0.3) is 5.91 Å². The molecule has 1 aromatic rings. The highest BCUT2D eigenvalue weighted by molar-refractivity contribution is 5.97. The third-order valence-electron chi connectivity index (χ3n) is 3.22. The van der Waals surface area contributed by atoms with Crippen molar-refractivity contribution >= 4 is 11.6 Å². The smallest absolute Gasteiger partial charge is 0.276 e. The second-order valence-electron chi connectivity index (χ2n) is 5.26. The summed E-state index contributed by atoms with van der Waals surface area (Å²) >= 11 is 0. The Morgan fingerprint density at radius 3 is 2.47 bits per heavy atom. The zero-order valence-corrected chi connectivity index (χ0v) is 10.7. The van der Waals surface area contributed by atoms with Crippen LogP contribution in [0.25, 0.3) is 0 Å². The van der Waals surface area contributed by atoms with E-state index in [0.29, 0.717) is 23.2 Å². The largest absolute Gasteiger partial charge is 0.396 e. The fourth-order valence-electron chi connectivity index (χ4n) is 2.65. The van der Waals surface area contributed by atoms with Gasteiger partial charge in [0, 0.05) is 26.3 Å². The molecule has 0 aromatic carbocycles. The monoisotopic (exact) mass is 236 g/mol. The van der Waals surface area contributed by atoms with Gasteiger partial charge in [-0.15, -0.1) is 0 Å². The summed E-state index contributed by atoms with van der Waals surface area (Å²) in [7, 11) is 1.77. The quantitative estimate of drug-likeness (QED) is 0.794. The third-order valence-corrected chi connectivity index (χ3v) is 3.22. The Morgan fingerprint density at radius 2 is 2.00 bits per heavy atom. The zero-order valence-electron chi connectivity index (χ0n) is 10.7. The normalized spacial score (nSPS) is 25.0. The van der Waals surface area contributed by atoms with Crippen LogP contribution in [0.2, 0.25) is 0 Å². The molecule has 94 valence electrons. The predicted octanol–water partition coefficient (Wildman–Crippen LogP) is 1.12. The molecule has 0 bridgehead atoms. The van der Waals surface area contributed by atoms with Gasteiger partial charge in [-0.05, 0) is 18.3 Å². The minimum absolute atomic E-state index is 0.0403. The number of amides is 1. The molecule has 2 heterocycles. The van der Waals surface area contributed by atoms with Crippen LogP contribution in [0, 0.1) is 11.8 Å². The van der Waals surface area contributed by atoms with Gasteiger partial charge in [-0.2, -0.15) is 5.10 Å². The van der Waals surface area contributed by atoms with Crippen molar-refractivity contribution in [3.63, 3.8) is 0 Å². The number of rotatable bonds is 1. The highest BCUT2D eigenvalue weighted by atomic mass is 16.2. The van der Waals surface area contributed by atoms with Gasteiger partial charge in [-0.1, -0.05) is 13.8 Å². The van der Waals surface area contributed by atoms with Crippen molar-refractivity contribution in [2.24, 2.45) is 18.9 Å². The molecule has 1 saturated heterocycles. The van der Waals surface area contributed by atoms with Crippen LogP contribution in [0.3, 0.4) is 0 Å². The average Bonchev–Trinajstić information content (AvgIpc) is 2.55. The molecular formula is C12H20N4O. The average molecular weight is 236 g/mol. The number of carbonyl (C=O) groups is 1. The van der Waals surface area contributed by atoms with Crippen LogP contribution in [0.4, 0.5) is 5.69 Å². The number of carbonyl (C=O) groups excluding carboxylic acids is 1. The van der Waals surface area contributed by atoms with Gasteiger partial charge in [-0.25, -0.2) is 0 Å². The molecule has 17 heavy (non-hydrogen) atoms. The van der Waals surface area contributed by atoms with E-state index < -0.39 is 0 Å². The molecule has 1 aliphatic rings. The summed E-state index contributed by atoms with van der Waals surface area (Å²) in [5, 5.41) is 4.14. The van der Waals surface area contributed by atoms with E-state index in [1.165, 1.54) is 6.42 Å². The van der Waals surface area contributed by atoms with Crippen molar-refractivity contribution in [2.45, 2.75) is 20.3 Å². The fraction of sp³-hybridized carbons (Fsp3) is 0.667. The van der Waals surface area contributed by atoms with E-state index in [1.807, 2.05) is 4.90 Å². The molecule has 2 unspecified atom stereocenters. The van der Waals surface area contributed by atoms with Gasteiger partial charge in [0.1, 0.15) is 0 Å². The van der Waals surface area contributed by atoms with E-state index in [-0.39, 0.29) is 5.91 Å². The molecule has 1 fully saturated rings. The first-order valence-corrected chi connectivity index (χ1v) is 6.05. The summed E-state index contributed by atoms with van der Waals surface area (Å²) in [5.74, 6) is 1.06. The van der Waals surface area contributed by atoms with Crippen molar-refractivity contribution in [2.75, 3.05) is 18.8 Å². The molecule has 0 aliphatic carbocycles. The van der Waals surface area contributed by atoms with Gasteiger partial charge in [0.2, 0.25) is 0 Å². The summed E-state index contributed by atoms with van der Waals surface area (Å²) in [6.45, 7) is 5.97. The number of aromatic nitrogens is 2. The van der Waals surface area contributed by atoms with E-state index in [1.54, 1.807) is 17.9 Å². The van der Waals surface area contributed by atoms with Crippen molar-refractivity contribution in [3.05, 3.63) is 11.9 Å². The molecule has 2 rings (SSSR count). The number of aryl methyl sites for hydroxylation is 1. The maximum Gasteiger partial charge on any atom is 0.276 e. The summed E-state index contributed by atoms with van der Waals surface area (Å²) in [5.41, 5.74) is 6.63. The lowest BCUT2D eigenvalue weighted by atomic mass is 9.92. The van der Waals surface area contributed by atoms with Gasteiger partial charge in [-0.3, -0.25) is 9.48 Å². The van der Waals surface area contributed by atoms with Gasteiger partial charge in [0.05, 0.1) is 5.69 Å². The van der Waals surface area contributed by atoms with Crippen LogP contribution in [-0.4, -0.2) is 33.7 Å². The summed E-state index contributed by atoms with van der Waals surface area (Å²) in [4.78, 5) is 14.2. The number of nitrogens with two attached hydrogens (primary N) is 1. The molecule has 2 N–H and O–H groups in total. The van der Waals surface area contributed by atoms with Crippen LogP contribution in [0.15, 0.2) is 6.20 Å². The molecule has 2 atom stereocenters. The van der Waals surface area contributed by atoms with E-state index in [0.717, 1.165) is 13.1 Å². The van der Waals surface area contributed by atoms with E-state index >= 15 is 0 Å². The molecule has 1 aromatic heterocycles. The van der Waals surface area contributed by atoms with Crippen LogP contribution < -0.4 is 5.73 Å². The number of piperidine rings is 1. The standard InChI is InChI=1S/C12H20N4O/c1-8-4-9(2)6-16(5-8)12(17)11-10(13)7-15(3)14-11/h7-9H,4-6,13H2,1-3H3. The minimum Gasteiger partial charge on any atom is -0.396 e. The SMILES string of the molecule is CC1CC(C)CN(C(=O)c2nn(C)cc2N)C1. The Bertz CT molecular complexity index is 416. The highest BCUT2D eigenvalue weighted by Gasteiger charge is 2.28. The fourth-order valence-corrected chi connectivity index (χ4v) is 2.65. The maximum atomic E-state index is 12.3. The van der Waals surface area contributed by atoms with Gasteiger partial charge >= 0.3 is 0 Å². The Balaban J connectivity index is 2.17. The number of anilines is 1. The maximum absolute atomic E-state index is 12.3. The lowest BCUT2D eigenvalue weighted by Gasteiger charge is -2.34. The molecule has 0 saturated carbocycles. The number of nitrogen functional groups attached to an aromatic ring is 1. The number of nitrogens with zero attached hydrogens (tertiary/aromatic N) is 3. The third kappa shape index (κ3) is 2.43. The second-order valence-corrected chi connectivity index (χ2v) is 5.26. The first-order chi connectivity index (χ1) is 7.97. The molecule has 1 aliphatic heterocycles. The number of likely N-dealkylation sites (tertiary alicyclic amines) is 1. The Hall–Kier alpha value is -1.52. The number of hydrogen-bond donors (Lipinski definition) is 1. The molecule has 1 amide bonds. The lowest BCUT2D eigenvalue weighted by molar-refractivity contribution is 0.0617. The Kier molecular flexibility index (Phi) is 3.09. The summed E-state index contributed by atoms with van der Waals surface area (Å²) in [6, 6.07) is 0. The van der Waals surface area contributed by atoms with Crippen molar-refractivity contribution in [1.82, 2.24) is 14.7 Å². The molecule has 5 heteroatoms. The van der Waals surface area contributed by atoms with Crippen LogP contribution in [-0.2, 0) is 7.05 Å². The van der Waals surface area contributed by atoms with Crippen molar-refractivity contribution in [1.29, 1.82) is 0 Å². The summed E-state index contributed by atoms with van der Waals surface area (Å²) in [6.07, 6.45) is 2.85. The topological polar surface area (TPSA) is 64.2 Å². The zero-order chi connectivity index (χ0) is 12.6. The highest BCUT2D eigenvalue weighted by Crippen LogP contribution is 2.23. The van der Waals surface area contributed by atoms with Crippen LogP contribution >= 0.6 is 0 Å². The second kappa shape index (κ2) is 4.39. The molecule has 0 spiro atoms. The predicted molar refractivity (Wildman–Crippen MR) is 66.5 cm³/mol. The van der Waals surface area contributed by atoms with E-state index in [2.05, 4.69) is 18.9 Å². The Morgan fingerprint density at radius 1 is 1.41 bits per heavy atom. The summed E-state index contributed by atoms with van der Waals surface area (Å²) < 4.78 is 1.58. The molecular weight excluding hydrogens is 216 g/mol. The van der Waals surface area contributed by atoms with Gasteiger partial charge in [0.15, 0.2) is 5.69 Å². The van der Waals surface area contributed by atoms with E-state index in [9.17, 15) is 4.79 Å². The lowest BCUT2D eigenvalue weighted by Crippen LogP contribution is -2.43. The molecule has 5 nitrogen and oxygen atoms in total. The van der Waals surface area contributed by atoms with Crippen molar-refractivity contribution in [3.8, 4) is 0 Å². The van der Waals surface area contributed by atoms with Crippen molar-refractivity contribution < 1.29 is 4.79 Å². The van der Waals surface area contributed by atoms with E-state index in [4.69, 9.17) is 5.73 Å². The Labute approximate surface area is 102 Å².